The average Bonchev–Trinajstić information content (AvgIpc) is 2.70. The number of thiophene rings is 1. The molecule has 2 rings (SSSR count). The average molecular weight is 257 g/mol. The monoisotopic (exact) mass is 256 g/mol. The van der Waals surface area contributed by atoms with E-state index in [1.807, 2.05) is 0 Å². The van der Waals surface area contributed by atoms with Crippen LogP contribution in [0.15, 0.2) is 30.3 Å². The Hall–Kier alpha value is -1.39. The molecule has 1 heterocycles. The Morgan fingerprint density at radius 1 is 1.31 bits per heavy atom. The zero-order valence-corrected chi connectivity index (χ0v) is 9.52. The molecule has 16 heavy (non-hydrogen) atoms. The van der Waals surface area contributed by atoms with Crippen molar-refractivity contribution in [1.82, 2.24) is 0 Å². The van der Waals surface area contributed by atoms with E-state index in [-0.39, 0.29) is 5.02 Å². The van der Waals surface area contributed by atoms with E-state index in [4.69, 9.17) is 16.3 Å². The van der Waals surface area contributed by atoms with E-state index in [0.717, 1.165) is 6.29 Å². The van der Waals surface area contributed by atoms with Gasteiger partial charge in [-0.3, -0.25) is 4.79 Å². The molecule has 0 aliphatic rings. The molecule has 0 aliphatic heterocycles. The van der Waals surface area contributed by atoms with Gasteiger partial charge in [-0.15, -0.1) is 0 Å². The first-order valence-electron chi connectivity index (χ1n) is 4.37. The van der Waals surface area contributed by atoms with Crippen LogP contribution in [-0.2, 0) is 0 Å². The third kappa shape index (κ3) is 2.40. The van der Waals surface area contributed by atoms with Gasteiger partial charge >= 0.3 is 0 Å². The molecular weight excluding hydrogens is 251 g/mol. The first-order chi connectivity index (χ1) is 7.69. The molecule has 1 aromatic carbocycles. The first-order valence-corrected chi connectivity index (χ1v) is 5.56. The van der Waals surface area contributed by atoms with Gasteiger partial charge in [-0.25, -0.2) is 4.39 Å². The molecule has 0 spiro atoms. The van der Waals surface area contributed by atoms with E-state index < -0.39 is 5.82 Å². The van der Waals surface area contributed by atoms with Crippen molar-refractivity contribution in [3.63, 3.8) is 0 Å². The van der Waals surface area contributed by atoms with E-state index in [1.54, 1.807) is 12.1 Å². The van der Waals surface area contributed by atoms with Crippen molar-refractivity contribution in [3.8, 4) is 10.8 Å². The van der Waals surface area contributed by atoms with E-state index in [0.29, 0.717) is 15.7 Å². The largest absolute Gasteiger partial charge is 0.445 e. The Kier molecular flexibility index (Phi) is 3.22. The predicted molar refractivity (Wildman–Crippen MR) is 61.2 cm³/mol. The van der Waals surface area contributed by atoms with Gasteiger partial charge in [0.2, 0.25) is 0 Å². The van der Waals surface area contributed by atoms with Gasteiger partial charge < -0.3 is 4.74 Å². The lowest BCUT2D eigenvalue weighted by atomic mass is 10.3. The Morgan fingerprint density at radius 3 is 2.75 bits per heavy atom. The minimum atomic E-state index is -0.419. The molecule has 0 saturated carbocycles. The lowest BCUT2D eigenvalue weighted by molar-refractivity contribution is 0.112. The Morgan fingerprint density at radius 2 is 2.12 bits per heavy atom. The normalized spacial score (nSPS) is 10.1. The molecule has 0 amide bonds. The van der Waals surface area contributed by atoms with Crippen LogP contribution < -0.4 is 4.74 Å². The third-order valence-electron chi connectivity index (χ3n) is 1.82. The van der Waals surface area contributed by atoms with Gasteiger partial charge in [0, 0.05) is 0 Å². The SMILES string of the molecule is O=Cc1ccc(Oc2ccc(F)cc2Cl)s1. The standard InChI is InChI=1S/C11H6ClFO2S/c12-9-5-7(13)1-3-10(9)15-11-4-2-8(6-14)16-11/h1-6H. The highest BCUT2D eigenvalue weighted by Gasteiger charge is 2.06. The number of hydrogen-bond donors (Lipinski definition) is 0. The van der Waals surface area contributed by atoms with Crippen LogP contribution >= 0.6 is 22.9 Å². The van der Waals surface area contributed by atoms with E-state index in [1.165, 1.54) is 29.5 Å². The van der Waals surface area contributed by atoms with Gasteiger partial charge in [0.25, 0.3) is 0 Å². The van der Waals surface area contributed by atoms with Crippen LogP contribution in [0.4, 0.5) is 4.39 Å². The van der Waals surface area contributed by atoms with Gasteiger partial charge in [-0.1, -0.05) is 22.9 Å². The van der Waals surface area contributed by atoms with Crippen molar-refractivity contribution in [2.24, 2.45) is 0 Å². The second-order valence-corrected chi connectivity index (χ2v) is 4.44. The summed E-state index contributed by atoms with van der Waals surface area (Å²) >= 11 is 6.99. The number of halogens is 2. The van der Waals surface area contributed by atoms with Crippen LogP contribution in [0.5, 0.6) is 10.8 Å². The lowest BCUT2D eigenvalue weighted by Crippen LogP contribution is -1.83. The molecule has 82 valence electrons. The summed E-state index contributed by atoms with van der Waals surface area (Å²) in [6, 6.07) is 7.18. The Bertz CT molecular complexity index is 524. The summed E-state index contributed by atoms with van der Waals surface area (Å²) in [6.45, 7) is 0. The molecule has 0 radical (unpaired) electrons. The number of rotatable bonds is 3. The number of benzene rings is 1. The third-order valence-corrected chi connectivity index (χ3v) is 3.01. The number of ether oxygens (including phenoxy) is 1. The van der Waals surface area contributed by atoms with Crippen molar-refractivity contribution in [3.05, 3.63) is 46.0 Å². The number of hydrogen-bond acceptors (Lipinski definition) is 3. The summed E-state index contributed by atoms with van der Waals surface area (Å²) in [4.78, 5) is 11.0. The maximum Gasteiger partial charge on any atom is 0.181 e. The molecular formula is C11H6ClFO2S. The lowest BCUT2D eigenvalue weighted by Gasteiger charge is -2.04. The fourth-order valence-electron chi connectivity index (χ4n) is 1.12. The number of aldehydes is 1. The zero-order chi connectivity index (χ0) is 11.5. The molecule has 2 nitrogen and oxygen atoms in total. The quantitative estimate of drug-likeness (QED) is 0.772. The van der Waals surface area contributed by atoms with Crippen LogP contribution in [0.1, 0.15) is 9.67 Å². The van der Waals surface area contributed by atoms with E-state index in [2.05, 4.69) is 0 Å². The Balaban J connectivity index is 2.23. The summed E-state index contributed by atoms with van der Waals surface area (Å²) in [7, 11) is 0. The Labute approximate surface area is 100 Å². The molecule has 0 atom stereocenters. The maximum absolute atomic E-state index is 12.8. The summed E-state index contributed by atoms with van der Waals surface area (Å²) < 4.78 is 18.2. The summed E-state index contributed by atoms with van der Waals surface area (Å²) in [6.07, 6.45) is 0.740. The highest BCUT2D eigenvalue weighted by atomic mass is 35.5. The first kappa shape index (κ1) is 11.1. The summed E-state index contributed by atoms with van der Waals surface area (Å²) in [5.41, 5.74) is 0. The highest BCUT2D eigenvalue weighted by molar-refractivity contribution is 7.15. The van der Waals surface area contributed by atoms with Crippen molar-refractivity contribution >= 4 is 29.2 Å². The van der Waals surface area contributed by atoms with Crippen molar-refractivity contribution in [2.75, 3.05) is 0 Å². The van der Waals surface area contributed by atoms with Crippen molar-refractivity contribution < 1.29 is 13.9 Å². The summed E-state index contributed by atoms with van der Waals surface area (Å²) in [5.74, 6) is -0.0560. The fraction of sp³-hybridized carbons (Fsp3) is 0. The smallest absolute Gasteiger partial charge is 0.181 e. The van der Waals surface area contributed by atoms with E-state index >= 15 is 0 Å². The molecule has 0 aliphatic carbocycles. The molecule has 2 aromatic rings. The molecule has 0 N–H and O–H groups in total. The molecule has 0 unspecified atom stereocenters. The topological polar surface area (TPSA) is 26.3 Å². The van der Waals surface area contributed by atoms with Gasteiger partial charge in [0.15, 0.2) is 11.3 Å². The molecule has 0 fully saturated rings. The second kappa shape index (κ2) is 4.63. The van der Waals surface area contributed by atoms with Gasteiger partial charge in [0.05, 0.1) is 9.90 Å². The fourth-order valence-corrected chi connectivity index (χ4v) is 2.01. The van der Waals surface area contributed by atoms with Crippen LogP contribution in [-0.4, -0.2) is 6.29 Å². The molecule has 1 aromatic heterocycles. The van der Waals surface area contributed by atoms with Crippen LogP contribution in [0.3, 0.4) is 0 Å². The van der Waals surface area contributed by atoms with Gasteiger partial charge in [-0.2, -0.15) is 0 Å². The van der Waals surface area contributed by atoms with Crippen molar-refractivity contribution in [2.45, 2.75) is 0 Å². The van der Waals surface area contributed by atoms with Crippen LogP contribution in [0.25, 0.3) is 0 Å². The van der Waals surface area contributed by atoms with Gasteiger partial charge in [-0.05, 0) is 30.3 Å². The van der Waals surface area contributed by atoms with Crippen molar-refractivity contribution in [1.29, 1.82) is 0 Å². The van der Waals surface area contributed by atoms with E-state index in [9.17, 15) is 9.18 Å². The van der Waals surface area contributed by atoms with Crippen LogP contribution in [0.2, 0.25) is 5.02 Å². The zero-order valence-electron chi connectivity index (χ0n) is 7.94. The highest BCUT2D eigenvalue weighted by Crippen LogP contribution is 2.33. The molecule has 5 heteroatoms. The van der Waals surface area contributed by atoms with Gasteiger partial charge in [0.1, 0.15) is 11.6 Å². The molecule has 0 bridgehead atoms. The minimum Gasteiger partial charge on any atom is -0.445 e. The predicted octanol–water partition coefficient (Wildman–Crippen LogP) is 4.15. The second-order valence-electron chi connectivity index (χ2n) is 2.95. The maximum atomic E-state index is 12.8. The summed E-state index contributed by atoms with van der Waals surface area (Å²) in [5, 5.41) is 0.733. The number of carbonyl (C=O) groups excluding carboxylic acids is 1. The number of carbonyl (C=O) groups is 1. The molecule has 0 saturated heterocycles. The van der Waals surface area contributed by atoms with Crippen LogP contribution in [0, 0.1) is 5.82 Å². The minimum absolute atomic E-state index is 0.195.